The van der Waals surface area contributed by atoms with Gasteiger partial charge in [-0.15, -0.1) is 0 Å². The number of aromatic hydroxyl groups is 3. The minimum Gasteiger partial charge on any atom is -0.504 e. The summed E-state index contributed by atoms with van der Waals surface area (Å²) in [6.07, 6.45) is 6.26. The van der Waals surface area contributed by atoms with Crippen LogP contribution in [0.3, 0.4) is 0 Å². The van der Waals surface area contributed by atoms with Gasteiger partial charge < -0.3 is 30.5 Å². The number of phenols is 3. The number of Topliss-reactive ketones (excluding diaryl/α,β-unsaturated/α-hetero) is 1. The van der Waals surface area contributed by atoms with Crippen molar-refractivity contribution in [3.8, 4) is 23.0 Å². The Morgan fingerprint density at radius 3 is 2.50 bits per heavy atom. The molecule has 7 nitrogen and oxygen atoms in total. The number of hydrogen-bond donors (Lipinski definition) is 5. The number of aliphatic hydroxyl groups excluding tert-OH is 1. The van der Waals surface area contributed by atoms with E-state index >= 15 is 0 Å². The molecule has 3 aromatic carbocycles. The van der Waals surface area contributed by atoms with Gasteiger partial charge in [-0.1, -0.05) is 55.8 Å². The number of aliphatic hydroxyl groups is 1. The average molecular weight is 604 g/mol. The molecule has 0 saturated heterocycles. The van der Waals surface area contributed by atoms with Crippen molar-refractivity contribution >= 4 is 5.78 Å². The van der Waals surface area contributed by atoms with Crippen LogP contribution in [0.4, 0.5) is 0 Å². The Bertz CT molecular complexity index is 1350. The van der Waals surface area contributed by atoms with Crippen LogP contribution in [-0.4, -0.2) is 52.5 Å². The largest absolute Gasteiger partial charge is 0.504 e. The van der Waals surface area contributed by atoms with E-state index in [9.17, 15) is 25.2 Å². The zero-order chi connectivity index (χ0) is 31.5. The summed E-state index contributed by atoms with van der Waals surface area (Å²) < 4.78 is 5.35. The first-order valence-electron chi connectivity index (χ1n) is 16.1. The van der Waals surface area contributed by atoms with Crippen molar-refractivity contribution < 1.29 is 30.0 Å². The molecule has 5 N–H and O–H groups in total. The summed E-state index contributed by atoms with van der Waals surface area (Å²) >= 11 is 0. The average Bonchev–Trinajstić information content (AvgIpc) is 3.01. The number of hydrogen-bond acceptors (Lipinski definition) is 7. The second-order valence-electron chi connectivity index (χ2n) is 12.6. The SMILES string of the molecule is CCCNC[C@H]1CCC[C@@](C[C@@H](O)CC(=O)C[C@H](CCc2ccccc2)c2ccc(O)c(OC)c2)(c2ccc(O)c(O)c2)C1. The van der Waals surface area contributed by atoms with E-state index in [1.54, 1.807) is 18.2 Å². The highest BCUT2D eigenvalue weighted by Crippen LogP contribution is 2.47. The van der Waals surface area contributed by atoms with E-state index in [1.807, 2.05) is 30.3 Å². The van der Waals surface area contributed by atoms with E-state index in [-0.39, 0.29) is 41.8 Å². The van der Waals surface area contributed by atoms with Gasteiger partial charge in [-0.25, -0.2) is 0 Å². The van der Waals surface area contributed by atoms with Gasteiger partial charge in [0.25, 0.3) is 0 Å². The van der Waals surface area contributed by atoms with E-state index < -0.39 is 11.5 Å². The molecular formula is C37H49NO6. The molecule has 1 aliphatic rings. The topological polar surface area (TPSA) is 119 Å². The Hall–Kier alpha value is -3.55. The fourth-order valence-electron chi connectivity index (χ4n) is 7.03. The summed E-state index contributed by atoms with van der Waals surface area (Å²) in [6, 6.07) is 20.4. The van der Waals surface area contributed by atoms with Crippen LogP contribution in [0.25, 0.3) is 0 Å². The fraction of sp³-hybridized carbons (Fsp3) is 0.486. The van der Waals surface area contributed by atoms with Crippen molar-refractivity contribution in [2.45, 2.75) is 88.6 Å². The number of carbonyl (C=O) groups excluding carboxylic acids is 1. The van der Waals surface area contributed by atoms with Gasteiger partial charge in [0.15, 0.2) is 23.0 Å². The lowest BCUT2D eigenvalue weighted by atomic mass is 9.63. The number of carbonyl (C=O) groups is 1. The Balaban J connectivity index is 1.50. The summed E-state index contributed by atoms with van der Waals surface area (Å²) in [5.41, 5.74) is 2.61. The molecule has 0 spiro atoms. The molecule has 0 amide bonds. The van der Waals surface area contributed by atoms with Gasteiger partial charge in [0.1, 0.15) is 5.78 Å². The first-order valence-corrected chi connectivity index (χ1v) is 16.1. The van der Waals surface area contributed by atoms with Crippen LogP contribution in [0, 0.1) is 5.92 Å². The third-order valence-corrected chi connectivity index (χ3v) is 9.26. The molecule has 3 aromatic rings. The molecule has 44 heavy (non-hydrogen) atoms. The number of ketones is 1. The monoisotopic (exact) mass is 603 g/mol. The predicted molar refractivity (Wildman–Crippen MR) is 174 cm³/mol. The number of methoxy groups -OCH3 is 1. The van der Waals surface area contributed by atoms with Crippen molar-refractivity contribution in [2.75, 3.05) is 20.2 Å². The number of nitrogens with one attached hydrogen (secondary N) is 1. The zero-order valence-electron chi connectivity index (χ0n) is 26.2. The summed E-state index contributed by atoms with van der Waals surface area (Å²) in [4.78, 5) is 13.6. The Labute approximate surface area is 261 Å². The number of benzene rings is 3. The Kier molecular flexibility index (Phi) is 12.1. The highest BCUT2D eigenvalue weighted by atomic mass is 16.5. The molecular weight excluding hydrogens is 554 g/mol. The lowest BCUT2D eigenvalue weighted by molar-refractivity contribution is -0.121. The highest BCUT2D eigenvalue weighted by Gasteiger charge is 2.40. The molecule has 0 bridgehead atoms. The maximum absolute atomic E-state index is 13.6. The standard InChI is InChI=1S/C37H49NO6/c1-3-18-38-25-27-10-7-17-37(23-27,30-14-16-33(41)35(43)21-30)24-32(40)22-31(39)19-28(12-11-26-8-5-4-6-9-26)29-13-15-34(42)36(20-29)44-2/h4-6,8-9,13-16,20-21,27-28,32,38,40-43H,3,7,10-12,17-19,22-25H2,1-2H3/t27-,28-,32-,37+/m0/s1. The molecule has 1 aliphatic carbocycles. The van der Waals surface area contributed by atoms with Crippen LogP contribution < -0.4 is 10.1 Å². The smallest absolute Gasteiger partial charge is 0.160 e. The van der Waals surface area contributed by atoms with Crippen LogP contribution >= 0.6 is 0 Å². The minimum atomic E-state index is -0.843. The van der Waals surface area contributed by atoms with E-state index in [1.165, 1.54) is 18.7 Å². The normalized spacial score (nSPS) is 19.8. The molecule has 7 heteroatoms. The van der Waals surface area contributed by atoms with Crippen molar-refractivity contribution in [2.24, 2.45) is 5.92 Å². The molecule has 0 aromatic heterocycles. The van der Waals surface area contributed by atoms with Crippen LogP contribution in [0.2, 0.25) is 0 Å². The fourth-order valence-corrected chi connectivity index (χ4v) is 7.03. The lowest BCUT2D eigenvalue weighted by Gasteiger charge is -2.43. The summed E-state index contributed by atoms with van der Waals surface area (Å²) in [5, 5.41) is 45.5. The van der Waals surface area contributed by atoms with Gasteiger partial charge >= 0.3 is 0 Å². The number of phenolic OH excluding ortho intramolecular Hbond substituents is 3. The second kappa shape index (κ2) is 16.0. The molecule has 238 valence electrons. The molecule has 0 radical (unpaired) electrons. The van der Waals surface area contributed by atoms with Crippen LogP contribution in [0.5, 0.6) is 23.0 Å². The van der Waals surface area contributed by atoms with Crippen LogP contribution in [0.1, 0.15) is 87.3 Å². The molecule has 0 unspecified atom stereocenters. The van der Waals surface area contributed by atoms with Gasteiger partial charge in [-0.05, 0) is 116 Å². The molecule has 1 saturated carbocycles. The first kappa shape index (κ1) is 33.3. The van der Waals surface area contributed by atoms with Crippen molar-refractivity contribution in [1.82, 2.24) is 5.32 Å². The van der Waals surface area contributed by atoms with Gasteiger partial charge in [0.05, 0.1) is 13.2 Å². The third kappa shape index (κ3) is 8.99. The van der Waals surface area contributed by atoms with Crippen molar-refractivity contribution in [1.29, 1.82) is 0 Å². The quantitative estimate of drug-likeness (QED) is 0.0907. The molecule has 0 heterocycles. The highest BCUT2D eigenvalue weighted by molar-refractivity contribution is 5.79. The van der Waals surface area contributed by atoms with Crippen molar-refractivity contribution in [3.05, 3.63) is 83.4 Å². The summed E-state index contributed by atoms with van der Waals surface area (Å²) in [6.45, 7) is 4.00. The van der Waals surface area contributed by atoms with Gasteiger partial charge in [-0.3, -0.25) is 4.79 Å². The molecule has 0 aliphatic heterocycles. The number of rotatable bonds is 16. The van der Waals surface area contributed by atoms with Crippen molar-refractivity contribution in [3.63, 3.8) is 0 Å². The van der Waals surface area contributed by atoms with Crippen LogP contribution in [0.15, 0.2) is 66.7 Å². The predicted octanol–water partition coefficient (Wildman–Crippen LogP) is 6.76. The second-order valence-corrected chi connectivity index (χ2v) is 12.6. The molecule has 4 rings (SSSR count). The maximum Gasteiger partial charge on any atom is 0.160 e. The number of aryl methyl sites for hydroxylation is 1. The first-order chi connectivity index (χ1) is 21.2. The molecule has 1 fully saturated rings. The van der Waals surface area contributed by atoms with E-state index in [2.05, 4.69) is 24.4 Å². The maximum atomic E-state index is 13.6. The Morgan fingerprint density at radius 2 is 1.77 bits per heavy atom. The third-order valence-electron chi connectivity index (χ3n) is 9.26. The summed E-state index contributed by atoms with van der Waals surface area (Å²) in [5.74, 6) is 0.411. The molecule has 4 atom stereocenters. The summed E-state index contributed by atoms with van der Waals surface area (Å²) in [7, 11) is 1.51. The van der Waals surface area contributed by atoms with E-state index in [0.717, 1.165) is 69.2 Å². The van der Waals surface area contributed by atoms with Gasteiger partial charge in [0, 0.05) is 12.8 Å². The van der Waals surface area contributed by atoms with E-state index in [0.29, 0.717) is 18.1 Å². The Morgan fingerprint density at radius 1 is 1.00 bits per heavy atom. The number of ether oxygens (including phenoxy) is 1. The lowest BCUT2D eigenvalue weighted by Crippen LogP contribution is -2.40. The minimum absolute atomic E-state index is 0.0109. The zero-order valence-corrected chi connectivity index (χ0v) is 26.2. The van der Waals surface area contributed by atoms with Crippen LogP contribution in [-0.2, 0) is 16.6 Å². The van der Waals surface area contributed by atoms with E-state index in [4.69, 9.17) is 4.74 Å². The van der Waals surface area contributed by atoms with Gasteiger partial charge in [-0.2, -0.15) is 0 Å². The van der Waals surface area contributed by atoms with Gasteiger partial charge in [0.2, 0.25) is 0 Å².